The van der Waals surface area contributed by atoms with Gasteiger partial charge >= 0.3 is 0 Å². The van der Waals surface area contributed by atoms with E-state index >= 15 is 0 Å². The molecule has 0 aliphatic heterocycles. The Morgan fingerprint density at radius 2 is 1.85 bits per heavy atom. The molecule has 5 nitrogen and oxygen atoms in total. The molecule has 7 heteroatoms. The predicted octanol–water partition coefficient (Wildman–Crippen LogP) is 5.64. The Morgan fingerprint density at radius 1 is 0.970 bits per heavy atom. The SMILES string of the molecule is O=C(Cc1csc(-c2ccsc2)n1)NCc1ccccc1-c1ccc(Cn2cccn2)cc1. The number of nitrogens with one attached hydrogen (secondary N) is 1. The fraction of sp³-hybridized carbons (Fsp3) is 0.115. The van der Waals surface area contributed by atoms with E-state index in [1.165, 1.54) is 5.56 Å². The summed E-state index contributed by atoms with van der Waals surface area (Å²) in [6.45, 7) is 1.22. The fourth-order valence-corrected chi connectivity index (χ4v) is 5.19. The van der Waals surface area contributed by atoms with Crippen LogP contribution in [0.2, 0.25) is 0 Å². The van der Waals surface area contributed by atoms with E-state index in [0.29, 0.717) is 6.54 Å². The van der Waals surface area contributed by atoms with E-state index in [0.717, 1.165) is 39.5 Å². The Balaban J connectivity index is 1.22. The maximum Gasteiger partial charge on any atom is 0.226 e. The Morgan fingerprint density at radius 3 is 2.64 bits per heavy atom. The number of amides is 1. The first kappa shape index (κ1) is 21.3. The number of nitrogens with zero attached hydrogens (tertiary/aromatic N) is 3. The summed E-state index contributed by atoms with van der Waals surface area (Å²) in [5, 5.41) is 14.4. The van der Waals surface area contributed by atoms with E-state index in [-0.39, 0.29) is 12.3 Å². The lowest BCUT2D eigenvalue weighted by Gasteiger charge is -2.12. The Hall–Kier alpha value is -3.55. The second kappa shape index (κ2) is 9.94. The van der Waals surface area contributed by atoms with E-state index in [9.17, 15) is 4.79 Å². The standard InChI is InChI=1S/C26H22N4OS2/c31-25(14-23-18-33-26(29-23)22-10-13-32-17-22)27-15-21-4-1-2-5-24(21)20-8-6-19(7-9-20)16-30-12-3-11-28-30/h1-13,17-18H,14-16H2,(H,27,31). The van der Waals surface area contributed by atoms with Gasteiger partial charge in [-0.25, -0.2) is 4.98 Å². The van der Waals surface area contributed by atoms with Crippen molar-refractivity contribution in [3.8, 4) is 21.7 Å². The highest BCUT2D eigenvalue weighted by Gasteiger charge is 2.11. The third-order valence-electron chi connectivity index (χ3n) is 5.32. The van der Waals surface area contributed by atoms with Crippen molar-refractivity contribution in [3.63, 3.8) is 0 Å². The van der Waals surface area contributed by atoms with Gasteiger partial charge in [0.25, 0.3) is 0 Å². The molecule has 1 N–H and O–H groups in total. The van der Waals surface area contributed by atoms with Gasteiger partial charge in [0.2, 0.25) is 5.91 Å². The maximum atomic E-state index is 12.6. The highest BCUT2D eigenvalue weighted by atomic mass is 32.1. The Kier molecular flexibility index (Phi) is 6.41. The zero-order valence-electron chi connectivity index (χ0n) is 17.8. The van der Waals surface area contributed by atoms with Crippen molar-refractivity contribution in [2.24, 2.45) is 0 Å². The maximum absolute atomic E-state index is 12.6. The zero-order chi connectivity index (χ0) is 22.5. The van der Waals surface area contributed by atoms with Crippen LogP contribution < -0.4 is 5.32 Å². The van der Waals surface area contributed by atoms with E-state index in [1.807, 2.05) is 45.9 Å². The topological polar surface area (TPSA) is 59.8 Å². The number of carbonyl (C=O) groups excluding carboxylic acids is 1. The minimum atomic E-state index is -0.0263. The van der Waals surface area contributed by atoms with Crippen LogP contribution in [0.5, 0.6) is 0 Å². The number of carbonyl (C=O) groups is 1. The van der Waals surface area contributed by atoms with E-state index < -0.39 is 0 Å². The number of thiophene rings is 1. The molecule has 5 rings (SSSR count). The van der Waals surface area contributed by atoms with Crippen molar-refractivity contribution in [3.05, 3.63) is 106 Å². The lowest BCUT2D eigenvalue weighted by molar-refractivity contribution is -0.120. The van der Waals surface area contributed by atoms with Crippen LogP contribution in [0.1, 0.15) is 16.8 Å². The third kappa shape index (κ3) is 5.27. The van der Waals surface area contributed by atoms with Crippen LogP contribution in [0, 0.1) is 0 Å². The van der Waals surface area contributed by atoms with Crippen LogP contribution >= 0.6 is 22.7 Å². The summed E-state index contributed by atoms with van der Waals surface area (Å²) >= 11 is 3.22. The zero-order valence-corrected chi connectivity index (χ0v) is 19.5. The number of rotatable bonds is 8. The number of hydrogen-bond donors (Lipinski definition) is 1. The molecular weight excluding hydrogens is 448 g/mol. The number of thiazole rings is 1. The molecule has 0 fully saturated rings. The molecule has 0 spiro atoms. The van der Waals surface area contributed by atoms with Gasteiger partial charge in [-0.2, -0.15) is 16.4 Å². The minimum Gasteiger partial charge on any atom is -0.352 e. The lowest BCUT2D eigenvalue weighted by Crippen LogP contribution is -2.25. The number of hydrogen-bond acceptors (Lipinski definition) is 5. The normalized spacial score (nSPS) is 10.9. The number of aromatic nitrogens is 3. The van der Waals surface area contributed by atoms with Crippen molar-refractivity contribution in [1.29, 1.82) is 0 Å². The largest absolute Gasteiger partial charge is 0.352 e. The van der Waals surface area contributed by atoms with Crippen molar-refractivity contribution < 1.29 is 4.79 Å². The van der Waals surface area contributed by atoms with Gasteiger partial charge in [0.1, 0.15) is 5.01 Å². The second-order valence-corrected chi connectivity index (χ2v) is 9.31. The molecule has 5 aromatic rings. The summed E-state index contributed by atoms with van der Waals surface area (Å²) in [4.78, 5) is 17.2. The van der Waals surface area contributed by atoms with Crippen LogP contribution in [0.3, 0.4) is 0 Å². The van der Waals surface area contributed by atoms with Crippen molar-refractivity contribution >= 4 is 28.6 Å². The monoisotopic (exact) mass is 470 g/mol. The van der Waals surface area contributed by atoms with Gasteiger partial charge in [0.15, 0.2) is 0 Å². The summed E-state index contributed by atoms with van der Waals surface area (Å²) in [5.41, 5.74) is 6.45. The fourth-order valence-electron chi connectivity index (χ4n) is 3.65. The van der Waals surface area contributed by atoms with Gasteiger partial charge in [-0.05, 0) is 39.8 Å². The smallest absolute Gasteiger partial charge is 0.226 e. The number of benzene rings is 2. The molecule has 2 aromatic carbocycles. The second-order valence-electron chi connectivity index (χ2n) is 7.67. The van der Waals surface area contributed by atoms with Gasteiger partial charge in [0, 0.05) is 35.3 Å². The molecule has 33 heavy (non-hydrogen) atoms. The average molecular weight is 471 g/mol. The van der Waals surface area contributed by atoms with Gasteiger partial charge in [0.05, 0.1) is 18.7 Å². The van der Waals surface area contributed by atoms with Gasteiger partial charge < -0.3 is 5.32 Å². The third-order valence-corrected chi connectivity index (χ3v) is 6.95. The molecule has 0 radical (unpaired) electrons. The molecule has 0 aliphatic carbocycles. The molecule has 3 heterocycles. The van der Waals surface area contributed by atoms with Gasteiger partial charge in [-0.3, -0.25) is 9.48 Å². The molecule has 0 aliphatic rings. The quantitative estimate of drug-likeness (QED) is 0.319. The van der Waals surface area contributed by atoms with Crippen LogP contribution in [0.4, 0.5) is 0 Å². The summed E-state index contributed by atoms with van der Waals surface area (Å²) in [6.07, 6.45) is 4.03. The van der Waals surface area contributed by atoms with Crippen LogP contribution in [0.25, 0.3) is 21.7 Å². The van der Waals surface area contributed by atoms with E-state index in [4.69, 9.17) is 0 Å². The molecule has 0 unspecified atom stereocenters. The lowest BCUT2D eigenvalue weighted by atomic mass is 9.98. The van der Waals surface area contributed by atoms with Crippen molar-refractivity contribution in [2.45, 2.75) is 19.5 Å². The molecule has 3 aromatic heterocycles. The van der Waals surface area contributed by atoms with Crippen LogP contribution in [0.15, 0.2) is 89.2 Å². The Labute approximate surface area is 200 Å². The summed E-state index contributed by atoms with van der Waals surface area (Å²) < 4.78 is 1.91. The minimum absolute atomic E-state index is 0.0263. The van der Waals surface area contributed by atoms with E-state index in [2.05, 4.69) is 57.2 Å². The molecule has 164 valence electrons. The highest BCUT2D eigenvalue weighted by Crippen LogP contribution is 2.26. The van der Waals surface area contributed by atoms with Gasteiger partial charge in [-0.15, -0.1) is 11.3 Å². The first-order chi connectivity index (χ1) is 16.2. The van der Waals surface area contributed by atoms with Gasteiger partial charge in [-0.1, -0.05) is 48.5 Å². The molecule has 0 saturated carbocycles. The summed E-state index contributed by atoms with van der Waals surface area (Å²) in [5.74, 6) is -0.0263. The van der Waals surface area contributed by atoms with Crippen LogP contribution in [-0.4, -0.2) is 20.7 Å². The average Bonchev–Trinajstić information content (AvgIpc) is 3.61. The molecule has 0 bridgehead atoms. The predicted molar refractivity (Wildman–Crippen MR) is 134 cm³/mol. The van der Waals surface area contributed by atoms with Crippen LogP contribution in [-0.2, 0) is 24.3 Å². The van der Waals surface area contributed by atoms with Crippen molar-refractivity contribution in [1.82, 2.24) is 20.1 Å². The summed E-state index contributed by atoms with van der Waals surface area (Å²) in [7, 11) is 0. The molecular formula is C26H22N4OS2. The van der Waals surface area contributed by atoms with E-state index in [1.54, 1.807) is 28.9 Å². The molecule has 0 saturated heterocycles. The molecule has 1 amide bonds. The first-order valence-corrected chi connectivity index (χ1v) is 12.5. The summed E-state index contributed by atoms with van der Waals surface area (Å²) in [6, 6.07) is 20.7. The first-order valence-electron chi connectivity index (χ1n) is 10.6. The molecule has 0 atom stereocenters. The Bertz CT molecular complexity index is 1320. The van der Waals surface area contributed by atoms with Crippen molar-refractivity contribution in [2.75, 3.05) is 0 Å². The highest BCUT2D eigenvalue weighted by molar-refractivity contribution is 7.14.